The highest BCUT2D eigenvalue weighted by molar-refractivity contribution is 5.41. The van der Waals surface area contributed by atoms with Gasteiger partial charge in [0, 0.05) is 6.04 Å². The van der Waals surface area contributed by atoms with Gasteiger partial charge in [-0.05, 0) is 43.5 Å². The van der Waals surface area contributed by atoms with E-state index < -0.39 is 0 Å². The first kappa shape index (κ1) is 13.5. The average molecular weight is 232 g/mol. The monoisotopic (exact) mass is 232 g/mol. The molecule has 0 spiro atoms. The smallest absolute Gasteiger partial charge is 0.115 e. The summed E-state index contributed by atoms with van der Waals surface area (Å²) >= 11 is 0. The molecule has 17 heavy (non-hydrogen) atoms. The fraction of sp³-hybridized carbons (Fsp3) is 0.500. The van der Waals surface area contributed by atoms with Crippen LogP contribution in [0, 0.1) is 18.3 Å². The summed E-state index contributed by atoms with van der Waals surface area (Å²) in [5.41, 5.74) is 7.05. The van der Waals surface area contributed by atoms with Crippen molar-refractivity contribution in [3.63, 3.8) is 0 Å². The lowest BCUT2D eigenvalue weighted by molar-refractivity contribution is 0.441. The summed E-state index contributed by atoms with van der Waals surface area (Å²) in [4.78, 5) is 0. The van der Waals surface area contributed by atoms with Crippen molar-refractivity contribution in [2.45, 2.75) is 45.1 Å². The van der Waals surface area contributed by atoms with E-state index in [1.807, 2.05) is 6.07 Å². The van der Waals surface area contributed by atoms with E-state index in [1.54, 1.807) is 19.1 Å². The highest BCUT2D eigenvalue weighted by Gasteiger charge is 2.06. The van der Waals surface area contributed by atoms with E-state index in [4.69, 9.17) is 16.1 Å². The molecule has 1 aliphatic carbocycles. The molecule has 0 aromatic heterocycles. The Balaban J connectivity index is 0.000000181. The highest BCUT2D eigenvalue weighted by Crippen LogP contribution is 2.15. The van der Waals surface area contributed by atoms with Gasteiger partial charge in [0.05, 0.1) is 11.6 Å². The predicted molar refractivity (Wildman–Crippen MR) is 68.6 cm³/mol. The molecule has 92 valence electrons. The Morgan fingerprint density at radius 1 is 1.29 bits per heavy atom. The SMILES string of the molecule is Cc1cc(O)ccc1C#N.NC1CCCCC1. The van der Waals surface area contributed by atoms with E-state index in [9.17, 15) is 0 Å². The van der Waals surface area contributed by atoms with Gasteiger partial charge in [-0.2, -0.15) is 5.26 Å². The summed E-state index contributed by atoms with van der Waals surface area (Å²) in [7, 11) is 0. The Bertz CT molecular complexity index is 390. The van der Waals surface area contributed by atoms with Crippen molar-refractivity contribution in [1.82, 2.24) is 0 Å². The van der Waals surface area contributed by atoms with Crippen molar-refractivity contribution in [2.75, 3.05) is 0 Å². The third kappa shape index (κ3) is 4.88. The summed E-state index contributed by atoms with van der Waals surface area (Å²) in [5.74, 6) is 0.205. The molecular weight excluding hydrogens is 212 g/mol. The molecule has 1 aromatic carbocycles. The number of benzene rings is 1. The van der Waals surface area contributed by atoms with Crippen LogP contribution < -0.4 is 5.73 Å². The summed E-state index contributed by atoms with van der Waals surface area (Å²) < 4.78 is 0. The van der Waals surface area contributed by atoms with Gasteiger partial charge in [0.25, 0.3) is 0 Å². The van der Waals surface area contributed by atoms with E-state index >= 15 is 0 Å². The molecule has 1 fully saturated rings. The summed E-state index contributed by atoms with van der Waals surface area (Å²) in [5, 5.41) is 17.4. The first-order valence-electron chi connectivity index (χ1n) is 6.09. The fourth-order valence-electron chi connectivity index (χ4n) is 1.91. The van der Waals surface area contributed by atoms with E-state index in [0.717, 1.165) is 5.56 Å². The number of hydrogen-bond donors (Lipinski definition) is 2. The lowest BCUT2D eigenvalue weighted by atomic mass is 9.97. The third-order valence-electron chi connectivity index (χ3n) is 2.98. The molecule has 0 amide bonds. The molecule has 3 nitrogen and oxygen atoms in total. The van der Waals surface area contributed by atoms with E-state index in [0.29, 0.717) is 11.6 Å². The van der Waals surface area contributed by atoms with Crippen LogP contribution in [0.2, 0.25) is 0 Å². The molecule has 0 radical (unpaired) electrons. The number of phenolic OH excluding ortho intramolecular Hbond substituents is 1. The molecule has 0 atom stereocenters. The minimum absolute atomic E-state index is 0.205. The average Bonchev–Trinajstić information content (AvgIpc) is 2.31. The largest absolute Gasteiger partial charge is 0.508 e. The first-order valence-corrected chi connectivity index (χ1v) is 6.09. The van der Waals surface area contributed by atoms with E-state index in [1.165, 1.54) is 38.2 Å². The molecule has 3 heteroatoms. The highest BCUT2D eigenvalue weighted by atomic mass is 16.3. The molecular formula is C14H20N2O. The Morgan fingerprint density at radius 2 is 1.94 bits per heavy atom. The Morgan fingerprint density at radius 3 is 2.35 bits per heavy atom. The first-order chi connectivity index (χ1) is 8.13. The van der Waals surface area contributed by atoms with Gasteiger partial charge in [0.15, 0.2) is 0 Å². The van der Waals surface area contributed by atoms with Crippen molar-refractivity contribution in [2.24, 2.45) is 5.73 Å². The van der Waals surface area contributed by atoms with Crippen molar-refractivity contribution >= 4 is 0 Å². The van der Waals surface area contributed by atoms with Crippen LogP contribution in [0.5, 0.6) is 5.75 Å². The third-order valence-corrected chi connectivity index (χ3v) is 2.98. The van der Waals surface area contributed by atoms with E-state index in [-0.39, 0.29) is 5.75 Å². The lowest BCUT2D eigenvalue weighted by Gasteiger charge is -2.15. The normalized spacial score (nSPS) is 15.6. The van der Waals surface area contributed by atoms with Crippen LogP contribution in [0.4, 0.5) is 0 Å². The maximum Gasteiger partial charge on any atom is 0.115 e. The van der Waals surface area contributed by atoms with Gasteiger partial charge in [-0.25, -0.2) is 0 Å². The Labute approximate surface area is 103 Å². The molecule has 0 bridgehead atoms. The number of aromatic hydroxyl groups is 1. The van der Waals surface area contributed by atoms with Crippen LogP contribution in [0.15, 0.2) is 18.2 Å². The van der Waals surface area contributed by atoms with Crippen LogP contribution in [0.25, 0.3) is 0 Å². The molecule has 3 N–H and O–H groups in total. The van der Waals surface area contributed by atoms with Gasteiger partial charge >= 0.3 is 0 Å². The van der Waals surface area contributed by atoms with Gasteiger partial charge in [-0.3, -0.25) is 0 Å². The molecule has 2 rings (SSSR count). The van der Waals surface area contributed by atoms with Gasteiger partial charge in [-0.1, -0.05) is 19.3 Å². The van der Waals surface area contributed by atoms with Crippen LogP contribution in [-0.4, -0.2) is 11.1 Å². The minimum atomic E-state index is 0.205. The maximum absolute atomic E-state index is 8.92. The minimum Gasteiger partial charge on any atom is -0.508 e. The second-order valence-electron chi connectivity index (χ2n) is 4.51. The summed E-state index contributed by atoms with van der Waals surface area (Å²) in [6, 6.07) is 7.22. The standard InChI is InChI=1S/C8H7NO.C6H13N/c1-6-4-8(10)3-2-7(6)5-9;7-6-4-2-1-3-5-6/h2-4,10H,1H3;6H,1-5,7H2. The van der Waals surface area contributed by atoms with Crippen molar-refractivity contribution in [3.8, 4) is 11.8 Å². The van der Waals surface area contributed by atoms with Gasteiger partial charge < -0.3 is 10.8 Å². The molecule has 1 aliphatic rings. The summed E-state index contributed by atoms with van der Waals surface area (Å²) in [6.07, 6.45) is 6.66. The zero-order valence-electron chi connectivity index (χ0n) is 10.3. The van der Waals surface area contributed by atoms with E-state index in [2.05, 4.69) is 0 Å². The molecule has 0 heterocycles. The molecule has 1 aromatic rings. The zero-order valence-corrected chi connectivity index (χ0v) is 10.3. The second kappa shape index (κ2) is 6.93. The topological polar surface area (TPSA) is 70.0 Å². The van der Waals surface area contributed by atoms with Gasteiger partial charge in [-0.15, -0.1) is 0 Å². The molecule has 0 aliphatic heterocycles. The number of nitrogens with zero attached hydrogens (tertiary/aromatic N) is 1. The van der Waals surface area contributed by atoms with Gasteiger partial charge in [0.1, 0.15) is 5.75 Å². The van der Waals surface area contributed by atoms with Crippen LogP contribution >= 0.6 is 0 Å². The van der Waals surface area contributed by atoms with Crippen LogP contribution in [0.3, 0.4) is 0 Å². The van der Waals surface area contributed by atoms with Crippen LogP contribution in [-0.2, 0) is 0 Å². The number of rotatable bonds is 0. The quantitative estimate of drug-likeness (QED) is 0.722. The zero-order chi connectivity index (χ0) is 12.7. The molecule has 0 unspecified atom stereocenters. The summed E-state index contributed by atoms with van der Waals surface area (Å²) in [6.45, 7) is 1.79. The second-order valence-corrected chi connectivity index (χ2v) is 4.51. The lowest BCUT2D eigenvalue weighted by Crippen LogP contribution is -2.22. The molecule has 1 saturated carbocycles. The Kier molecular flexibility index (Phi) is 5.51. The van der Waals surface area contributed by atoms with Crippen LogP contribution in [0.1, 0.15) is 43.2 Å². The van der Waals surface area contributed by atoms with Crippen molar-refractivity contribution in [1.29, 1.82) is 5.26 Å². The number of phenols is 1. The van der Waals surface area contributed by atoms with Crippen molar-refractivity contribution in [3.05, 3.63) is 29.3 Å². The number of hydrogen-bond acceptors (Lipinski definition) is 3. The number of aryl methyl sites for hydroxylation is 1. The van der Waals surface area contributed by atoms with Gasteiger partial charge in [0.2, 0.25) is 0 Å². The number of nitriles is 1. The Hall–Kier alpha value is -1.53. The fourth-order valence-corrected chi connectivity index (χ4v) is 1.91. The number of nitrogens with two attached hydrogens (primary N) is 1. The maximum atomic E-state index is 8.92. The predicted octanol–water partition coefficient (Wildman–Crippen LogP) is 2.85. The molecule has 0 saturated heterocycles. The van der Waals surface area contributed by atoms with Crippen molar-refractivity contribution < 1.29 is 5.11 Å².